The van der Waals surface area contributed by atoms with E-state index in [1.54, 1.807) is 0 Å². The van der Waals surface area contributed by atoms with Crippen molar-refractivity contribution in [3.8, 4) is 0 Å². The lowest BCUT2D eigenvalue weighted by Crippen LogP contribution is -2.48. The first-order valence-electron chi connectivity index (χ1n) is 7.98. The number of nitrogens with one attached hydrogen (secondary N) is 1. The van der Waals surface area contributed by atoms with Crippen molar-refractivity contribution in [3.05, 3.63) is 0 Å². The summed E-state index contributed by atoms with van der Waals surface area (Å²) in [5, 5.41) is 12.8. The first kappa shape index (κ1) is 18.9. The molecule has 0 aromatic rings. The summed E-state index contributed by atoms with van der Waals surface area (Å²) in [7, 11) is 0. The number of hydrogen-bond donors (Lipinski definition) is 2. The molecule has 0 aliphatic heterocycles. The maximum absolute atomic E-state index is 9.48. The molecule has 3 nitrogen and oxygen atoms in total. The average Bonchev–Trinajstić information content (AvgIpc) is 2.34. The lowest BCUT2D eigenvalue weighted by Gasteiger charge is -2.32. The SMILES string of the molecule is CCCCCCC(C)OC(C)CC(C)(CO)NCC. The van der Waals surface area contributed by atoms with Crippen molar-refractivity contribution in [1.82, 2.24) is 5.32 Å². The Morgan fingerprint density at radius 1 is 1.11 bits per heavy atom. The summed E-state index contributed by atoms with van der Waals surface area (Å²) in [4.78, 5) is 0. The minimum Gasteiger partial charge on any atom is -0.394 e. The Hall–Kier alpha value is -0.120. The molecular formula is C16H35NO2. The molecule has 3 unspecified atom stereocenters. The minimum atomic E-state index is -0.226. The van der Waals surface area contributed by atoms with Gasteiger partial charge in [0.1, 0.15) is 0 Å². The van der Waals surface area contributed by atoms with Crippen LogP contribution in [0.1, 0.15) is 73.1 Å². The zero-order chi connectivity index (χ0) is 14.7. The molecule has 0 aromatic heterocycles. The topological polar surface area (TPSA) is 41.5 Å². The first-order chi connectivity index (χ1) is 8.97. The minimum absolute atomic E-state index is 0.152. The van der Waals surface area contributed by atoms with Crippen molar-refractivity contribution in [2.45, 2.75) is 90.9 Å². The molecule has 2 N–H and O–H groups in total. The van der Waals surface area contributed by atoms with Crippen molar-refractivity contribution in [1.29, 1.82) is 0 Å². The standard InChI is InChI=1S/C16H35NO2/c1-6-8-9-10-11-14(3)19-15(4)12-16(5,13-18)17-7-2/h14-15,17-18H,6-13H2,1-5H3. The van der Waals surface area contributed by atoms with Crippen LogP contribution in [0.25, 0.3) is 0 Å². The maximum atomic E-state index is 9.48. The van der Waals surface area contributed by atoms with Crippen LogP contribution < -0.4 is 5.32 Å². The highest BCUT2D eigenvalue weighted by Crippen LogP contribution is 2.17. The number of rotatable bonds is 12. The van der Waals surface area contributed by atoms with Crippen molar-refractivity contribution in [2.75, 3.05) is 13.2 Å². The molecule has 0 fully saturated rings. The van der Waals surface area contributed by atoms with E-state index in [1.165, 1.54) is 25.7 Å². The zero-order valence-electron chi connectivity index (χ0n) is 13.7. The van der Waals surface area contributed by atoms with Crippen LogP contribution in [0.4, 0.5) is 0 Å². The highest BCUT2D eigenvalue weighted by molar-refractivity contribution is 4.84. The number of hydrogen-bond acceptors (Lipinski definition) is 3. The van der Waals surface area contributed by atoms with Gasteiger partial charge in [0.25, 0.3) is 0 Å². The molecule has 19 heavy (non-hydrogen) atoms. The van der Waals surface area contributed by atoms with E-state index >= 15 is 0 Å². The normalized spacial score (nSPS) is 18.0. The molecule has 3 atom stereocenters. The van der Waals surface area contributed by atoms with Gasteiger partial charge in [0, 0.05) is 5.54 Å². The van der Waals surface area contributed by atoms with Crippen LogP contribution >= 0.6 is 0 Å². The lowest BCUT2D eigenvalue weighted by atomic mass is 9.95. The lowest BCUT2D eigenvalue weighted by molar-refractivity contribution is -0.0200. The molecule has 116 valence electrons. The second kappa shape index (κ2) is 10.6. The van der Waals surface area contributed by atoms with Gasteiger partial charge >= 0.3 is 0 Å². The van der Waals surface area contributed by atoms with E-state index in [1.807, 2.05) is 0 Å². The quantitative estimate of drug-likeness (QED) is 0.535. The molecule has 0 aromatic carbocycles. The Kier molecular flexibility index (Phi) is 10.6. The Morgan fingerprint density at radius 3 is 2.32 bits per heavy atom. The summed E-state index contributed by atoms with van der Waals surface area (Å²) >= 11 is 0. The predicted octanol–water partition coefficient (Wildman–Crippen LogP) is 3.50. The summed E-state index contributed by atoms with van der Waals surface area (Å²) in [6, 6.07) is 0. The third-order valence-corrected chi connectivity index (χ3v) is 3.62. The number of aliphatic hydroxyl groups excluding tert-OH is 1. The van der Waals surface area contributed by atoms with E-state index in [4.69, 9.17) is 4.74 Å². The van der Waals surface area contributed by atoms with Gasteiger partial charge in [0.05, 0.1) is 18.8 Å². The van der Waals surface area contributed by atoms with Crippen molar-refractivity contribution in [3.63, 3.8) is 0 Å². The highest BCUT2D eigenvalue weighted by Gasteiger charge is 2.25. The summed E-state index contributed by atoms with van der Waals surface area (Å²) in [6.45, 7) is 11.6. The van der Waals surface area contributed by atoms with Gasteiger partial charge in [-0.3, -0.25) is 0 Å². The van der Waals surface area contributed by atoms with Crippen LogP contribution in [-0.4, -0.2) is 36.0 Å². The maximum Gasteiger partial charge on any atom is 0.0611 e. The van der Waals surface area contributed by atoms with Crippen LogP contribution in [0.5, 0.6) is 0 Å². The van der Waals surface area contributed by atoms with Crippen LogP contribution in [0, 0.1) is 0 Å². The van der Waals surface area contributed by atoms with Crippen molar-refractivity contribution >= 4 is 0 Å². The third kappa shape index (κ3) is 9.42. The van der Waals surface area contributed by atoms with Crippen LogP contribution in [0.3, 0.4) is 0 Å². The van der Waals surface area contributed by atoms with E-state index in [0.717, 1.165) is 19.4 Å². The van der Waals surface area contributed by atoms with Crippen molar-refractivity contribution in [2.24, 2.45) is 0 Å². The van der Waals surface area contributed by atoms with Crippen LogP contribution in [0.15, 0.2) is 0 Å². The first-order valence-corrected chi connectivity index (χ1v) is 7.98. The Morgan fingerprint density at radius 2 is 1.79 bits per heavy atom. The number of unbranched alkanes of at least 4 members (excludes halogenated alkanes) is 3. The number of likely N-dealkylation sites (N-methyl/N-ethyl adjacent to an activating group) is 1. The molecule has 0 saturated heterocycles. The van der Waals surface area contributed by atoms with Gasteiger partial charge in [-0.25, -0.2) is 0 Å². The molecule has 0 aliphatic carbocycles. The zero-order valence-corrected chi connectivity index (χ0v) is 13.7. The van der Waals surface area contributed by atoms with E-state index in [9.17, 15) is 5.11 Å². The summed E-state index contributed by atoms with van der Waals surface area (Å²) in [5.74, 6) is 0. The Balaban J connectivity index is 3.91. The second-order valence-corrected chi connectivity index (χ2v) is 6.06. The highest BCUT2D eigenvalue weighted by atomic mass is 16.5. The van der Waals surface area contributed by atoms with E-state index in [-0.39, 0.29) is 18.2 Å². The summed E-state index contributed by atoms with van der Waals surface area (Å²) < 4.78 is 6.02. The third-order valence-electron chi connectivity index (χ3n) is 3.62. The molecule has 0 rings (SSSR count). The van der Waals surface area contributed by atoms with Gasteiger partial charge < -0.3 is 15.2 Å². The largest absolute Gasteiger partial charge is 0.394 e. The second-order valence-electron chi connectivity index (χ2n) is 6.06. The van der Waals surface area contributed by atoms with Gasteiger partial charge in [-0.15, -0.1) is 0 Å². The molecular weight excluding hydrogens is 238 g/mol. The Labute approximate surface area is 120 Å². The fraction of sp³-hybridized carbons (Fsp3) is 1.00. The van der Waals surface area contributed by atoms with E-state index < -0.39 is 0 Å². The number of ether oxygens (including phenoxy) is 1. The van der Waals surface area contributed by atoms with Gasteiger partial charge in [-0.05, 0) is 40.2 Å². The molecule has 0 bridgehead atoms. The van der Waals surface area contributed by atoms with Gasteiger partial charge in [-0.2, -0.15) is 0 Å². The van der Waals surface area contributed by atoms with Crippen molar-refractivity contribution < 1.29 is 9.84 Å². The molecule has 0 radical (unpaired) electrons. The molecule has 3 heteroatoms. The van der Waals surface area contributed by atoms with E-state index in [2.05, 4.69) is 39.9 Å². The molecule has 0 spiro atoms. The molecule has 0 heterocycles. The fourth-order valence-corrected chi connectivity index (χ4v) is 2.63. The fourth-order valence-electron chi connectivity index (χ4n) is 2.63. The van der Waals surface area contributed by atoms with Gasteiger partial charge in [0.15, 0.2) is 0 Å². The molecule has 0 saturated carbocycles. The summed E-state index contributed by atoms with van der Waals surface area (Å²) in [6.07, 6.45) is 7.65. The van der Waals surface area contributed by atoms with Crippen LogP contribution in [0.2, 0.25) is 0 Å². The van der Waals surface area contributed by atoms with Crippen LogP contribution in [-0.2, 0) is 4.74 Å². The molecule has 0 amide bonds. The Bertz CT molecular complexity index is 211. The molecule has 0 aliphatic rings. The van der Waals surface area contributed by atoms with E-state index in [0.29, 0.717) is 6.10 Å². The smallest absolute Gasteiger partial charge is 0.0611 e. The predicted molar refractivity (Wildman–Crippen MR) is 82.6 cm³/mol. The average molecular weight is 273 g/mol. The number of aliphatic hydroxyl groups is 1. The monoisotopic (exact) mass is 273 g/mol. The van der Waals surface area contributed by atoms with Gasteiger partial charge in [0.2, 0.25) is 0 Å². The van der Waals surface area contributed by atoms with Gasteiger partial charge in [-0.1, -0.05) is 39.5 Å². The summed E-state index contributed by atoms with van der Waals surface area (Å²) in [5.41, 5.74) is -0.226.